The van der Waals surface area contributed by atoms with Crippen LogP contribution in [-0.2, 0) is 10.0 Å². The summed E-state index contributed by atoms with van der Waals surface area (Å²) >= 11 is 0. The Morgan fingerprint density at radius 3 is 2.10 bits per heavy atom. The number of hydrogen-bond donors (Lipinski definition) is 0. The Morgan fingerprint density at radius 2 is 1.48 bits per heavy atom. The second-order valence-electron chi connectivity index (χ2n) is 6.74. The number of halogens is 1. The van der Waals surface area contributed by atoms with Crippen molar-refractivity contribution in [2.24, 2.45) is 0 Å². The van der Waals surface area contributed by atoms with Crippen molar-refractivity contribution >= 4 is 15.7 Å². The highest BCUT2D eigenvalue weighted by molar-refractivity contribution is 7.92. The van der Waals surface area contributed by atoms with E-state index in [1.165, 1.54) is 37.8 Å². The Kier molecular flexibility index (Phi) is 6.70. The van der Waals surface area contributed by atoms with Crippen LogP contribution in [0.4, 0.5) is 10.1 Å². The molecule has 0 aliphatic carbocycles. The Morgan fingerprint density at radius 1 is 0.839 bits per heavy atom. The lowest BCUT2D eigenvalue weighted by Crippen LogP contribution is -2.34. The molecular weight excluding hydrogens is 421 g/mol. The van der Waals surface area contributed by atoms with Crippen LogP contribution in [0, 0.1) is 5.82 Å². The van der Waals surface area contributed by atoms with Gasteiger partial charge in [-0.1, -0.05) is 6.07 Å². The number of sulfonamides is 1. The van der Waals surface area contributed by atoms with Crippen LogP contribution in [0.5, 0.6) is 17.2 Å². The Labute approximate surface area is 181 Å². The summed E-state index contributed by atoms with van der Waals surface area (Å²) in [5.41, 5.74) is 0.997. The highest BCUT2D eigenvalue weighted by Crippen LogP contribution is 2.39. The van der Waals surface area contributed by atoms with Crippen molar-refractivity contribution in [3.63, 3.8) is 0 Å². The molecule has 0 bridgehead atoms. The number of ether oxygens (including phenoxy) is 3. The van der Waals surface area contributed by atoms with E-state index in [9.17, 15) is 12.8 Å². The fourth-order valence-electron chi connectivity index (χ4n) is 3.33. The number of nitrogens with zero attached hydrogens (tertiary/aromatic N) is 1. The molecule has 0 heterocycles. The van der Waals surface area contributed by atoms with Gasteiger partial charge in [0.25, 0.3) is 10.0 Å². The fourth-order valence-corrected chi connectivity index (χ4v) is 4.96. The van der Waals surface area contributed by atoms with Crippen LogP contribution >= 0.6 is 0 Å². The first-order chi connectivity index (χ1) is 14.8. The number of anilines is 1. The molecule has 0 amide bonds. The highest BCUT2D eigenvalue weighted by Gasteiger charge is 2.32. The summed E-state index contributed by atoms with van der Waals surface area (Å²) < 4.78 is 58.2. The summed E-state index contributed by atoms with van der Waals surface area (Å²) in [4.78, 5) is -0.0366. The molecule has 8 heteroatoms. The van der Waals surface area contributed by atoms with Crippen LogP contribution < -0.4 is 18.5 Å². The van der Waals surface area contributed by atoms with Gasteiger partial charge in [-0.3, -0.25) is 4.31 Å². The van der Waals surface area contributed by atoms with Crippen molar-refractivity contribution < 1.29 is 27.0 Å². The van der Waals surface area contributed by atoms with Gasteiger partial charge in [0.2, 0.25) is 0 Å². The van der Waals surface area contributed by atoms with E-state index in [0.29, 0.717) is 28.5 Å². The highest BCUT2D eigenvalue weighted by atomic mass is 32.2. The molecule has 164 valence electrons. The van der Waals surface area contributed by atoms with Crippen molar-refractivity contribution in [3.8, 4) is 17.2 Å². The summed E-state index contributed by atoms with van der Waals surface area (Å²) in [7, 11) is 0.483. The number of benzene rings is 3. The molecule has 3 rings (SSSR count). The zero-order chi connectivity index (χ0) is 22.6. The molecule has 0 saturated heterocycles. The van der Waals surface area contributed by atoms with Gasteiger partial charge in [-0.15, -0.1) is 0 Å². The van der Waals surface area contributed by atoms with Gasteiger partial charge in [0.1, 0.15) is 23.1 Å². The average molecular weight is 446 g/mol. The maximum atomic E-state index is 13.7. The Bertz CT molecular complexity index is 1150. The summed E-state index contributed by atoms with van der Waals surface area (Å²) in [5, 5.41) is 0. The van der Waals surface area contributed by atoms with Crippen molar-refractivity contribution in [2.45, 2.75) is 17.9 Å². The minimum atomic E-state index is -4.07. The summed E-state index contributed by atoms with van der Waals surface area (Å²) in [5.74, 6) is 1.05. The normalized spacial score (nSPS) is 12.2. The second-order valence-corrected chi connectivity index (χ2v) is 8.56. The van der Waals surface area contributed by atoms with E-state index in [1.54, 1.807) is 49.4 Å². The van der Waals surface area contributed by atoms with Gasteiger partial charge in [0.05, 0.1) is 38.0 Å². The molecule has 0 aliphatic rings. The molecule has 31 heavy (non-hydrogen) atoms. The molecule has 3 aromatic rings. The molecule has 6 nitrogen and oxygen atoms in total. The lowest BCUT2D eigenvalue weighted by Gasteiger charge is -2.32. The zero-order valence-corrected chi connectivity index (χ0v) is 18.5. The molecule has 3 aromatic carbocycles. The lowest BCUT2D eigenvalue weighted by atomic mass is 10.1. The van der Waals surface area contributed by atoms with Gasteiger partial charge >= 0.3 is 0 Å². The van der Waals surface area contributed by atoms with E-state index in [-0.39, 0.29) is 4.90 Å². The maximum Gasteiger partial charge on any atom is 0.264 e. The number of methoxy groups -OCH3 is 3. The van der Waals surface area contributed by atoms with E-state index in [2.05, 4.69) is 0 Å². The third kappa shape index (κ3) is 4.59. The van der Waals surface area contributed by atoms with Crippen molar-refractivity contribution in [2.75, 3.05) is 25.6 Å². The third-order valence-electron chi connectivity index (χ3n) is 4.92. The number of hydrogen-bond acceptors (Lipinski definition) is 5. The van der Waals surface area contributed by atoms with Crippen molar-refractivity contribution in [3.05, 3.63) is 78.1 Å². The van der Waals surface area contributed by atoms with E-state index in [4.69, 9.17) is 14.2 Å². The molecule has 0 aliphatic heterocycles. The van der Waals surface area contributed by atoms with E-state index in [1.807, 2.05) is 0 Å². The van der Waals surface area contributed by atoms with Gasteiger partial charge in [-0.2, -0.15) is 0 Å². The number of rotatable bonds is 8. The van der Waals surface area contributed by atoms with Crippen LogP contribution in [0.1, 0.15) is 18.5 Å². The lowest BCUT2D eigenvalue weighted by molar-refractivity contribution is 0.396. The minimum absolute atomic E-state index is 0.0366. The summed E-state index contributed by atoms with van der Waals surface area (Å²) in [6.45, 7) is 1.75. The quantitative estimate of drug-likeness (QED) is 0.498. The molecular formula is C23H24FNO5S. The van der Waals surface area contributed by atoms with Crippen molar-refractivity contribution in [1.29, 1.82) is 0 Å². The molecule has 0 unspecified atom stereocenters. The minimum Gasteiger partial charge on any atom is -0.497 e. The topological polar surface area (TPSA) is 65.1 Å². The molecule has 0 radical (unpaired) electrons. The zero-order valence-electron chi connectivity index (χ0n) is 17.7. The monoisotopic (exact) mass is 445 g/mol. The van der Waals surface area contributed by atoms with Crippen LogP contribution in [0.25, 0.3) is 0 Å². The van der Waals surface area contributed by atoms with Crippen LogP contribution in [0.15, 0.2) is 71.6 Å². The SMILES string of the molecule is COc1cccc(N([C@@H](C)c2cc(OC)ccc2OC)S(=O)(=O)c2ccc(F)cc2)c1. The van der Waals surface area contributed by atoms with Gasteiger partial charge in [0.15, 0.2) is 0 Å². The Balaban J connectivity index is 2.22. The standard InChI is InChI=1S/C23H24FNO5S/c1-16(22-15-20(29-3)10-13-23(22)30-4)25(18-6-5-7-19(14-18)28-2)31(26,27)21-11-8-17(24)9-12-21/h5-16H,1-4H3/t16-/m0/s1. The van der Waals surface area contributed by atoms with E-state index >= 15 is 0 Å². The van der Waals surface area contributed by atoms with E-state index in [0.717, 1.165) is 12.1 Å². The van der Waals surface area contributed by atoms with Gasteiger partial charge in [-0.05, 0) is 61.5 Å². The molecule has 0 fully saturated rings. The molecule has 0 aromatic heterocycles. The summed E-state index contributed by atoms with van der Waals surface area (Å²) in [6.07, 6.45) is 0. The summed E-state index contributed by atoms with van der Waals surface area (Å²) in [6, 6.07) is 16.0. The smallest absolute Gasteiger partial charge is 0.264 e. The first-order valence-corrected chi connectivity index (χ1v) is 10.9. The van der Waals surface area contributed by atoms with Gasteiger partial charge < -0.3 is 14.2 Å². The maximum absolute atomic E-state index is 13.7. The first kappa shape index (κ1) is 22.4. The third-order valence-corrected chi connectivity index (χ3v) is 6.83. The van der Waals surface area contributed by atoms with Crippen LogP contribution in [0.2, 0.25) is 0 Å². The fraction of sp³-hybridized carbons (Fsp3) is 0.217. The molecule has 0 spiro atoms. The van der Waals surface area contributed by atoms with Gasteiger partial charge in [-0.25, -0.2) is 12.8 Å². The molecule has 0 N–H and O–H groups in total. The Hall–Kier alpha value is -3.26. The van der Waals surface area contributed by atoms with Gasteiger partial charge in [0, 0.05) is 11.6 Å². The van der Waals surface area contributed by atoms with Crippen molar-refractivity contribution in [1.82, 2.24) is 0 Å². The predicted molar refractivity (Wildman–Crippen MR) is 117 cm³/mol. The largest absolute Gasteiger partial charge is 0.497 e. The molecule has 0 saturated carbocycles. The predicted octanol–water partition coefficient (Wildman–Crippen LogP) is 4.81. The first-order valence-electron chi connectivity index (χ1n) is 9.47. The molecule has 1 atom stereocenters. The van der Waals surface area contributed by atoms with E-state index < -0.39 is 21.9 Å². The van der Waals surface area contributed by atoms with Crippen LogP contribution in [0.3, 0.4) is 0 Å². The van der Waals surface area contributed by atoms with Crippen LogP contribution in [-0.4, -0.2) is 29.7 Å². The average Bonchev–Trinajstić information content (AvgIpc) is 2.78. The second kappa shape index (κ2) is 9.26.